The molecule has 1 aliphatic heterocycles. The van der Waals surface area contributed by atoms with E-state index in [9.17, 15) is 8.42 Å². The Morgan fingerprint density at radius 3 is 2.10 bits per heavy atom. The van der Waals surface area contributed by atoms with E-state index in [2.05, 4.69) is 5.32 Å². The first-order chi connectivity index (χ1) is 10.1. The first-order valence-electron chi connectivity index (χ1n) is 6.87. The third-order valence-electron chi connectivity index (χ3n) is 3.44. The topological polar surface area (TPSA) is 67.9 Å². The van der Waals surface area contributed by atoms with E-state index in [1.807, 2.05) is 0 Å². The maximum absolute atomic E-state index is 12.7. The van der Waals surface area contributed by atoms with Crippen molar-refractivity contribution in [2.45, 2.75) is 17.0 Å². The molecule has 1 saturated heterocycles. The quantitative estimate of drug-likeness (QED) is 0.818. The van der Waals surface area contributed by atoms with E-state index < -0.39 is 10.0 Å². The van der Waals surface area contributed by atoms with Crippen LogP contribution in [-0.2, 0) is 19.5 Å². The van der Waals surface area contributed by atoms with Gasteiger partial charge in [0.1, 0.15) is 0 Å². The number of hydrogen-bond donors (Lipinski definition) is 1. The number of nitrogens with one attached hydrogen (secondary N) is 1. The van der Waals surface area contributed by atoms with Crippen LogP contribution in [-0.4, -0.2) is 65.3 Å². The second-order valence-corrected chi connectivity index (χ2v) is 7.04. The summed E-state index contributed by atoms with van der Waals surface area (Å²) in [5.74, 6) is 0. The van der Waals surface area contributed by atoms with Crippen molar-refractivity contribution in [3.8, 4) is 0 Å². The predicted octanol–water partition coefficient (Wildman–Crippen LogP) is 0.311. The number of piperazine rings is 1. The van der Waals surface area contributed by atoms with Crippen LogP contribution in [0, 0.1) is 0 Å². The molecule has 2 unspecified atom stereocenters. The molecular weight excluding hydrogens is 292 g/mol. The number of methoxy groups -OCH3 is 2. The monoisotopic (exact) mass is 314 g/mol. The highest BCUT2D eigenvalue weighted by molar-refractivity contribution is 7.89. The van der Waals surface area contributed by atoms with Gasteiger partial charge in [-0.1, -0.05) is 18.2 Å². The second kappa shape index (κ2) is 7.33. The Hall–Kier alpha value is -0.990. The Balaban J connectivity index is 2.20. The molecule has 2 atom stereocenters. The van der Waals surface area contributed by atoms with Crippen LogP contribution in [0.3, 0.4) is 0 Å². The van der Waals surface area contributed by atoms with E-state index in [1.54, 1.807) is 44.6 Å². The Bertz CT molecular complexity index is 521. The zero-order chi connectivity index (χ0) is 15.3. The van der Waals surface area contributed by atoms with Crippen molar-refractivity contribution in [1.29, 1.82) is 0 Å². The molecule has 1 heterocycles. The molecule has 6 nitrogen and oxygen atoms in total. The number of nitrogens with zero attached hydrogens (tertiary/aromatic N) is 1. The van der Waals surface area contributed by atoms with Crippen LogP contribution < -0.4 is 5.32 Å². The molecule has 1 fully saturated rings. The van der Waals surface area contributed by atoms with Crippen molar-refractivity contribution in [3.63, 3.8) is 0 Å². The average Bonchev–Trinajstić information content (AvgIpc) is 2.48. The fourth-order valence-corrected chi connectivity index (χ4v) is 4.10. The van der Waals surface area contributed by atoms with Gasteiger partial charge in [0.25, 0.3) is 0 Å². The van der Waals surface area contributed by atoms with Gasteiger partial charge in [-0.3, -0.25) is 0 Å². The smallest absolute Gasteiger partial charge is 0.243 e. The van der Waals surface area contributed by atoms with Crippen LogP contribution in [0.25, 0.3) is 0 Å². The normalized spacial score (nSPS) is 24.1. The van der Waals surface area contributed by atoms with E-state index in [-0.39, 0.29) is 12.1 Å². The second-order valence-electron chi connectivity index (χ2n) is 5.11. The van der Waals surface area contributed by atoms with Crippen molar-refractivity contribution >= 4 is 10.0 Å². The summed E-state index contributed by atoms with van der Waals surface area (Å²) < 4.78 is 37.2. The summed E-state index contributed by atoms with van der Waals surface area (Å²) in [6.45, 7) is 1.71. The lowest BCUT2D eigenvalue weighted by Crippen LogP contribution is -2.60. The van der Waals surface area contributed by atoms with Crippen LogP contribution in [0.4, 0.5) is 0 Å². The third kappa shape index (κ3) is 4.02. The van der Waals surface area contributed by atoms with Crippen molar-refractivity contribution < 1.29 is 17.9 Å². The lowest BCUT2D eigenvalue weighted by atomic mass is 10.1. The summed E-state index contributed by atoms with van der Waals surface area (Å²) in [5.41, 5.74) is 0. The number of sulfonamides is 1. The number of benzene rings is 1. The van der Waals surface area contributed by atoms with Crippen molar-refractivity contribution in [3.05, 3.63) is 30.3 Å². The van der Waals surface area contributed by atoms with Gasteiger partial charge in [0.15, 0.2) is 0 Å². The highest BCUT2D eigenvalue weighted by atomic mass is 32.2. The number of rotatable bonds is 6. The molecule has 21 heavy (non-hydrogen) atoms. The fourth-order valence-electron chi connectivity index (χ4n) is 2.55. The first-order valence-corrected chi connectivity index (χ1v) is 8.31. The Kier molecular flexibility index (Phi) is 5.72. The van der Waals surface area contributed by atoms with Gasteiger partial charge < -0.3 is 14.8 Å². The molecule has 2 rings (SSSR count). The van der Waals surface area contributed by atoms with E-state index in [4.69, 9.17) is 9.47 Å². The summed E-state index contributed by atoms with van der Waals surface area (Å²) in [6.07, 6.45) is 0. The van der Waals surface area contributed by atoms with Gasteiger partial charge in [0.2, 0.25) is 10.0 Å². The molecule has 1 aromatic rings. The van der Waals surface area contributed by atoms with E-state index >= 15 is 0 Å². The molecule has 7 heteroatoms. The van der Waals surface area contributed by atoms with Crippen molar-refractivity contribution in [1.82, 2.24) is 9.62 Å². The van der Waals surface area contributed by atoms with Crippen LogP contribution in [0.2, 0.25) is 0 Å². The minimum atomic E-state index is -3.48. The van der Waals surface area contributed by atoms with Crippen LogP contribution in [0.5, 0.6) is 0 Å². The lowest BCUT2D eigenvalue weighted by molar-refractivity contribution is 0.0916. The minimum Gasteiger partial charge on any atom is -0.383 e. The Morgan fingerprint density at radius 2 is 1.62 bits per heavy atom. The summed E-state index contributed by atoms with van der Waals surface area (Å²) in [6, 6.07) is 8.42. The van der Waals surface area contributed by atoms with Gasteiger partial charge in [-0.25, -0.2) is 8.42 Å². The van der Waals surface area contributed by atoms with E-state index in [1.165, 1.54) is 4.31 Å². The molecule has 1 aliphatic rings. The van der Waals surface area contributed by atoms with Gasteiger partial charge >= 0.3 is 0 Å². The van der Waals surface area contributed by atoms with Gasteiger partial charge in [-0.05, 0) is 12.1 Å². The van der Waals surface area contributed by atoms with Gasteiger partial charge in [0.05, 0.1) is 18.1 Å². The summed E-state index contributed by atoms with van der Waals surface area (Å²) in [7, 11) is -0.265. The predicted molar refractivity (Wildman–Crippen MR) is 79.7 cm³/mol. The summed E-state index contributed by atoms with van der Waals surface area (Å²) in [5, 5.41) is 3.35. The first kappa shape index (κ1) is 16.4. The van der Waals surface area contributed by atoms with Gasteiger partial charge in [-0.2, -0.15) is 4.31 Å². The Morgan fingerprint density at radius 1 is 1.10 bits per heavy atom. The number of ether oxygens (including phenoxy) is 2. The van der Waals surface area contributed by atoms with Crippen LogP contribution in [0.1, 0.15) is 0 Å². The minimum absolute atomic E-state index is 0.0395. The molecule has 0 amide bonds. The van der Waals surface area contributed by atoms with E-state index in [0.29, 0.717) is 31.2 Å². The molecule has 0 spiro atoms. The summed E-state index contributed by atoms with van der Waals surface area (Å²) in [4.78, 5) is 0.319. The largest absolute Gasteiger partial charge is 0.383 e. The van der Waals surface area contributed by atoms with Crippen molar-refractivity contribution in [2.75, 3.05) is 40.5 Å². The standard InChI is InChI=1S/C14H22N2O4S/c1-19-10-12-8-16(9-13(15-12)11-20-2)21(17,18)14-6-4-3-5-7-14/h3-7,12-13,15H,8-11H2,1-2H3. The maximum Gasteiger partial charge on any atom is 0.243 e. The Labute approximate surface area is 126 Å². The SMILES string of the molecule is COCC1CN(S(=O)(=O)c2ccccc2)CC(COC)N1. The zero-order valence-corrected chi connectivity index (χ0v) is 13.2. The third-order valence-corrected chi connectivity index (χ3v) is 5.28. The van der Waals surface area contributed by atoms with Crippen LogP contribution in [0.15, 0.2) is 35.2 Å². The lowest BCUT2D eigenvalue weighted by Gasteiger charge is -2.37. The summed E-state index contributed by atoms with van der Waals surface area (Å²) >= 11 is 0. The van der Waals surface area contributed by atoms with E-state index in [0.717, 1.165) is 0 Å². The highest BCUT2D eigenvalue weighted by Crippen LogP contribution is 2.18. The molecule has 1 N–H and O–H groups in total. The van der Waals surface area contributed by atoms with Gasteiger partial charge in [-0.15, -0.1) is 0 Å². The average molecular weight is 314 g/mol. The highest BCUT2D eigenvalue weighted by Gasteiger charge is 2.34. The van der Waals surface area contributed by atoms with Crippen molar-refractivity contribution in [2.24, 2.45) is 0 Å². The molecule has 0 bridgehead atoms. The maximum atomic E-state index is 12.7. The molecule has 0 saturated carbocycles. The zero-order valence-electron chi connectivity index (χ0n) is 12.4. The molecule has 0 aromatic heterocycles. The molecule has 1 aromatic carbocycles. The molecule has 118 valence electrons. The molecular formula is C14H22N2O4S. The van der Waals surface area contributed by atoms with Crippen LogP contribution >= 0.6 is 0 Å². The fraction of sp³-hybridized carbons (Fsp3) is 0.571. The number of hydrogen-bond acceptors (Lipinski definition) is 5. The van der Waals surface area contributed by atoms with Gasteiger partial charge in [0, 0.05) is 39.4 Å². The molecule has 0 radical (unpaired) electrons. The molecule has 0 aliphatic carbocycles.